The molecule has 5 rings (SSSR count). The fraction of sp³-hybridized carbons (Fsp3) is 0.200. The van der Waals surface area contributed by atoms with Crippen LogP contribution in [0.2, 0.25) is 0 Å². The predicted octanol–water partition coefficient (Wildman–Crippen LogP) is 6.29. The van der Waals surface area contributed by atoms with E-state index in [-0.39, 0.29) is 28.8 Å². The van der Waals surface area contributed by atoms with Crippen molar-refractivity contribution < 1.29 is 42.2 Å². The Hall–Kier alpha value is -5.89. The Morgan fingerprint density at radius 3 is 2.39 bits per heavy atom. The first-order chi connectivity index (χ1) is 23.0. The number of nitrogens with two attached hydrogens (primary N) is 1. The largest absolute Gasteiger partial charge is 0.478 e. The number of amides is 3. The number of carboxylic acid groups (broad SMARTS) is 1. The molecule has 1 atom stereocenters. The molecule has 0 fully saturated rings. The molecule has 0 bridgehead atoms. The van der Waals surface area contributed by atoms with Gasteiger partial charge in [-0.15, -0.1) is 0 Å². The van der Waals surface area contributed by atoms with Crippen LogP contribution in [-0.2, 0) is 15.8 Å². The first-order valence-corrected chi connectivity index (χ1v) is 14.9. The number of ether oxygens (including phenoxy) is 1. The molecule has 1 aliphatic heterocycles. The van der Waals surface area contributed by atoms with Gasteiger partial charge in [-0.05, 0) is 82.0 Å². The van der Waals surface area contributed by atoms with E-state index in [2.05, 4.69) is 10.6 Å². The number of nitrogens with one attached hydrogen (secondary N) is 2. The molecule has 3 amide bonds. The number of fused-ring (bicyclic) bond motifs is 1. The monoisotopic (exact) mass is 675 g/mol. The van der Waals surface area contributed by atoms with Crippen LogP contribution in [0, 0.1) is 13.8 Å². The van der Waals surface area contributed by atoms with E-state index in [1.807, 2.05) is 0 Å². The van der Waals surface area contributed by atoms with Gasteiger partial charge in [-0.1, -0.05) is 12.1 Å². The van der Waals surface area contributed by atoms with E-state index in [1.54, 1.807) is 79.9 Å². The molecule has 14 heteroatoms. The van der Waals surface area contributed by atoms with Crippen LogP contribution in [0.4, 0.5) is 24.5 Å². The van der Waals surface area contributed by atoms with Gasteiger partial charge in [-0.25, -0.2) is 4.79 Å². The van der Waals surface area contributed by atoms with E-state index in [0.29, 0.717) is 39.7 Å². The van der Waals surface area contributed by atoms with E-state index in [1.165, 1.54) is 12.1 Å². The van der Waals surface area contributed by atoms with Gasteiger partial charge in [0.15, 0.2) is 0 Å². The van der Waals surface area contributed by atoms with E-state index in [0.717, 1.165) is 18.2 Å². The van der Waals surface area contributed by atoms with Gasteiger partial charge in [0.25, 0.3) is 11.8 Å². The molecule has 0 radical (unpaired) electrons. The molecule has 0 aliphatic carbocycles. The quantitative estimate of drug-likeness (QED) is 0.144. The van der Waals surface area contributed by atoms with Gasteiger partial charge in [0.1, 0.15) is 11.5 Å². The molecule has 1 unspecified atom stereocenters. The SMILES string of the molecule is Cc1c(C(=O)O)c(C)n(C(CC(N)=O)N(C)C)c1C=C1C(=O)Nc2cc(Oc3cccc(NC(=O)c4cccc(C(F)(F)F)c4)c3)ccc21. The topological polar surface area (TPSA) is 156 Å². The van der Waals surface area contributed by atoms with Crippen molar-refractivity contribution in [3.05, 3.63) is 106 Å². The first-order valence-electron chi connectivity index (χ1n) is 14.9. The van der Waals surface area contributed by atoms with E-state index < -0.39 is 41.6 Å². The van der Waals surface area contributed by atoms with Crippen molar-refractivity contribution >= 4 is 46.7 Å². The van der Waals surface area contributed by atoms with E-state index in [4.69, 9.17) is 10.5 Å². The molecule has 254 valence electrons. The molecule has 0 saturated heterocycles. The number of carboxylic acids is 1. The number of carbonyl (C=O) groups is 4. The number of nitrogens with zero attached hydrogens (tertiary/aromatic N) is 2. The Balaban J connectivity index is 1.42. The lowest BCUT2D eigenvalue weighted by atomic mass is 10.0. The summed E-state index contributed by atoms with van der Waals surface area (Å²) >= 11 is 0. The van der Waals surface area contributed by atoms with Crippen molar-refractivity contribution in [3.8, 4) is 11.5 Å². The van der Waals surface area contributed by atoms with Gasteiger partial charge >= 0.3 is 12.1 Å². The minimum Gasteiger partial charge on any atom is -0.478 e. The highest BCUT2D eigenvalue weighted by atomic mass is 19.4. The van der Waals surface area contributed by atoms with Gasteiger partial charge in [-0.2, -0.15) is 13.2 Å². The lowest BCUT2D eigenvalue weighted by molar-refractivity contribution is -0.137. The van der Waals surface area contributed by atoms with Crippen LogP contribution in [0.1, 0.15) is 61.4 Å². The number of alkyl halides is 3. The van der Waals surface area contributed by atoms with Crippen LogP contribution in [0.5, 0.6) is 11.5 Å². The second kappa shape index (κ2) is 13.3. The van der Waals surface area contributed by atoms with Gasteiger partial charge in [0.2, 0.25) is 5.91 Å². The standard InChI is InChI=1S/C35H32F3N5O6/c1-18-28(43(19(2)31(18)34(47)48)30(42(3)4)17-29(39)44)16-26-25-12-11-24(15-27(25)41-33(26)46)49-23-10-6-9-22(14-23)40-32(45)20-7-5-8-21(13-20)35(36,37)38/h5-16,30H,17H2,1-4H3,(H2,39,44)(H,40,45)(H,41,46)(H,47,48). The zero-order valence-electron chi connectivity index (χ0n) is 26.8. The molecule has 5 N–H and O–H groups in total. The zero-order valence-corrected chi connectivity index (χ0v) is 26.8. The van der Waals surface area contributed by atoms with Crippen LogP contribution in [0.3, 0.4) is 0 Å². The highest BCUT2D eigenvalue weighted by molar-refractivity contribution is 6.35. The van der Waals surface area contributed by atoms with Crippen LogP contribution in [0.15, 0.2) is 66.7 Å². The summed E-state index contributed by atoms with van der Waals surface area (Å²) in [5, 5.41) is 15.3. The third-order valence-corrected chi connectivity index (χ3v) is 8.07. The Kier molecular flexibility index (Phi) is 9.36. The van der Waals surface area contributed by atoms with Crippen molar-refractivity contribution in [2.75, 3.05) is 24.7 Å². The van der Waals surface area contributed by atoms with Gasteiger partial charge in [-0.3, -0.25) is 19.3 Å². The number of halogens is 3. The van der Waals surface area contributed by atoms with Crippen LogP contribution in [-0.4, -0.2) is 52.4 Å². The van der Waals surface area contributed by atoms with Crippen molar-refractivity contribution in [3.63, 3.8) is 0 Å². The molecule has 1 aromatic heterocycles. The summed E-state index contributed by atoms with van der Waals surface area (Å²) in [6.45, 7) is 3.27. The summed E-state index contributed by atoms with van der Waals surface area (Å²) in [6, 6.07) is 15.2. The maximum absolute atomic E-state index is 13.2. The number of aromatic nitrogens is 1. The second-order valence-electron chi connectivity index (χ2n) is 11.6. The first kappa shape index (κ1) is 34.4. The van der Waals surface area contributed by atoms with Gasteiger partial charge in [0, 0.05) is 40.3 Å². The summed E-state index contributed by atoms with van der Waals surface area (Å²) in [7, 11) is 3.47. The lowest BCUT2D eigenvalue weighted by Crippen LogP contribution is -2.31. The minimum atomic E-state index is -4.59. The zero-order chi connectivity index (χ0) is 35.8. The molecular weight excluding hydrogens is 643 g/mol. The minimum absolute atomic E-state index is 0.0544. The summed E-state index contributed by atoms with van der Waals surface area (Å²) in [4.78, 5) is 51.8. The average molecular weight is 676 g/mol. The maximum Gasteiger partial charge on any atom is 0.416 e. The fourth-order valence-electron chi connectivity index (χ4n) is 5.77. The number of hydrogen-bond acceptors (Lipinski definition) is 6. The van der Waals surface area contributed by atoms with Crippen LogP contribution >= 0.6 is 0 Å². The lowest BCUT2D eigenvalue weighted by Gasteiger charge is -2.28. The molecule has 49 heavy (non-hydrogen) atoms. The number of benzene rings is 3. The molecule has 0 saturated carbocycles. The Morgan fingerprint density at radius 2 is 1.73 bits per heavy atom. The van der Waals surface area contributed by atoms with Gasteiger partial charge < -0.3 is 30.8 Å². The molecule has 4 aromatic rings. The van der Waals surface area contributed by atoms with E-state index >= 15 is 0 Å². The van der Waals surface area contributed by atoms with Crippen LogP contribution in [0.25, 0.3) is 11.6 Å². The van der Waals surface area contributed by atoms with Gasteiger partial charge in [0.05, 0.1) is 35.0 Å². The summed E-state index contributed by atoms with van der Waals surface area (Å²) in [5.41, 5.74) is 7.20. The number of rotatable bonds is 10. The fourth-order valence-corrected chi connectivity index (χ4v) is 5.77. The molecule has 11 nitrogen and oxygen atoms in total. The van der Waals surface area contributed by atoms with Crippen molar-refractivity contribution in [2.24, 2.45) is 5.73 Å². The number of anilines is 2. The number of carbonyl (C=O) groups excluding carboxylic acids is 3. The Labute approximate surface area is 278 Å². The highest BCUT2D eigenvalue weighted by Crippen LogP contribution is 2.39. The summed E-state index contributed by atoms with van der Waals surface area (Å²) < 4.78 is 47.0. The maximum atomic E-state index is 13.2. The van der Waals surface area contributed by atoms with Crippen molar-refractivity contribution in [2.45, 2.75) is 32.6 Å². The Bertz CT molecular complexity index is 2030. The van der Waals surface area contributed by atoms with Crippen molar-refractivity contribution in [1.29, 1.82) is 0 Å². The van der Waals surface area contributed by atoms with Crippen LogP contribution < -0.4 is 21.1 Å². The predicted molar refractivity (Wildman–Crippen MR) is 176 cm³/mol. The molecule has 1 aliphatic rings. The number of primary amides is 1. The number of hydrogen-bond donors (Lipinski definition) is 4. The highest BCUT2D eigenvalue weighted by Gasteiger charge is 2.32. The number of aromatic carboxylic acids is 1. The molecule has 0 spiro atoms. The van der Waals surface area contributed by atoms with E-state index in [9.17, 15) is 37.5 Å². The molecular formula is C35H32F3N5O6. The Morgan fingerprint density at radius 1 is 1.04 bits per heavy atom. The molecule has 2 heterocycles. The third kappa shape index (κ3) is 7.18. The second-order valence-corrected chi connectivity index (χ2v) is 11.6. The molecule has 3 aromatic carbocycles. The summed E-state index contributed by atoms with van der Waals surface area (Å²) in [5.74, 6) is -2.27. The average Bonchev–Trinajstić information content (AvgIpc) is 3.46. The smallest absolute Gasteiger partial charge is 0.416 e. The summed E-state index contributed by atoms with van der Waals surface area (Å²) in [6.07, 6.45) is -3.73. The van der Waals surface area contributed by atoms with Crippen molar-refractivity contribution in [1.82, 2.24) is 9.47 Å². The third-order valence-electron chi connectivity index (χ3n) is 8.07. The normalized spacial score (nSPS) is 14.0.